The molecule has 2 aromatic carbocycles. The summed E-state index contributed by atoms with van der Waals surface area (Å²) in [6.45, 7) is 3.38. The van der Waals surface area contributed by atoms with Crippen molar-refractivity contribution >= 4 is 34.9 Å². The number of rotatable bonds is 11. The number of hydrogen-bond acceptors (Lipinski definition) is 11. The van der Waals surface area contributed by atoms with E-state index in [1.165, 1.54) is 14.2 Å². The summed E-state index contributed by atoms with van der Waals surface area (Å²) in [6, 6.07) is 14.7. The quantitative estimate of drug-likeness (QED) is 0.116. The zero-order valence-electron chi connectivity index (χ0n) is 36.2. The highest BCUT2D eigenvalue weighted by molar-refractivity contribution is 5.89. The van der Waals surface area contributed by atoms with Gasteiger partial charge in [0.05, 0.1) is 49.4 Å². The maximum atomic E-state index is 14.0. The number of ether oxygens (including phenoxy) is 4. The number of aromatic amines is 2. The van der Waals surface area contributed by atoms with E-state index < -0.39 is 24.3 Å². The van der Waals surface area contributed by atoms with Crippen LogP contribution in [0.15, 0.2) is 67.1 Å². The molecule has 64 heavy (non-hydrogen) atoms. The number of aromatic nitrogens is 5. The predicted octanol–water partition coefficient (Wildman–Crippen LogP) is 6.31. The lowest BCUT2D eigenvalue weighted by Crippen LogP contribution is -2.53. The monoisotopic (exact) mass is 873 g/mol. The number of carbonyl (C=O) groups is 4. The molecule has 4 N–H and O–H groups in total. The fourth-order valence-corrected chi connectivity index (χ4v) is 9.81. The van der Waals surface area contributed by atoms with Gasteiger partial charge in [0.2, 0.25) is 11.8 Å². The van der Waals surface area contributed by atoms with Crippen molar-refractivity contribution in [3.8, 4) is 33.6 Å². The Bertz CT molecular complexity index is 2460. The second-order valence-electron chi connectivity index (χ2n) is 17.1. The summed E-state index contributed by atoms with van der Waals surface area (Å²) in [5.41, 5.74) is 6.33. The van der Waals surface area contributed by atoms with Gasteiger partial charge in [0.1, 0.15) is 23.7 Å². The highest BCUT2D eigenvalue weighted by Crippen LogP contribution is 2.36. The van der Waals surface area contributed by atoms with Crippen LogP contribution in [-0.2, 0) is 28.5 Å². The zero-order valence-corrected chi connectivity index (χ0v) is 36.2. The number of imidazole rings is 2. The van der Waals surface area contributed by atoms with Crippen molar-refractivity contribution in [1.29, 1.82) is 0 Å². The average molecular weight is 874 g/mol. The van der Waals surface area contributed by atoms with E-state index in [1.807, 2.05) is 28.4 Å². The van der Waals surface area contributed by atoms with Crippen molar-refractivity contribution in [2.75, 3.05) is 53.7 Å². The van der Waals surface area contributed by atoms with Crippen molar-refractivity contribution in [3.05, 3.63) is 78.8 Å². The molecule has 5 aromatic rings. The molecule has 0 unspecified atom stereocenters. The summed E-state index contributed by atoms with van der Waals surface area (Å²) in [6.07, 6.45) is 10.2. The third-order valence-corrected chi connectivity index (χ3v) is 13.3. The fourth-order valence-electron chi connectivity index (χ4n) is 9.81. The summed E-state index contributed by atoms with van der Waals surface area (Å²) >= 11 is 0. The summed E-state index contributed by atoms with van der Waals surface area (Å²) < 4.78 is 20.8. The van der Waals surface area contributed by atoms with Gasteiger partial charge in [0.25, 0.3) is 0 Å². The van der Waals surface area contributed by atoms with Crippen LogP contribution in [0.3, 0.4) is 0 Å². The summed E-state index contributed by atoms with van der Waals surface area (Å²) in [5, 5.41) is 6.59. The Kier molecular flexibility index (Phi) is 12.9. The van der Waals surface area contributed by atoms with Gasteiger partial charge in [0, 0.05) is 62.9 Å². The normalized spacial score (nSPS) is 20.5. The lowest BCUT2D eigenvalue weighted by molar-refractivity contribution is -0.137. The smallest absolute Gasteiger partial charge is 0.407 e. The molecule has 4 saturated heterocycles. The number of nitrogens with one attached hydrogen (secondary N) is 4. The van der Waals surface area contributed by atoms with E-state index in [0.717, 1.165) is 76.1 Å². The van der Waals surface area contributed by atoms with Crippen molar-refractivity contribution in [3.63, 3.8) is 0 Å². The van der Waals surface area contributed by atoms with Crippen LogP contribution < -0.4 is 10.6 Å². The predicted molar refractivity (Wildman–Crippen MR) is 235 cm³/mol. The Hall–Kier alpha value is -6.33. The number of methoxy groups -OCH3 is 2. The average Bonchev–Trinajstić information content (AvgIpc) is 4.20. The number of H-pyrrole nitrogens is 2. The molecule has 4 aliphatic heterocycles. The Morgan fingerprint density at radius 1 is 0.672 bits per heavy atom. The topological polar surface area (TPSA) is 206 Å². The number of nitrogens with zero attached hydrogens (tertiary/aromatic N) is 5. The minimum absolute atomic E-state index is 0.0321. The van der Waals surface area contributed by atoms with E-state index in [1.54, 1.807) is 0 Å². The zero-order chi connectivity index (χ0) is 44.2. The van der Waals surface area contributed by atoms with Crippen LogP contribution in [0.5, 0.6) is 0 Å². The summed E-state index contributed by atoms with van der Waals surface area (Å²) in [7, 11) is 2.61. The molecule has 4 amide bonds. The van der Waals surface area contributed by atoms with E-state index in [4.69, 9.17) is 33.9 Å². The Morgan fingerprint density at radius 2 is 1.23 bits per heavy atom. The molecule has 0 bridgehead atoms. The van der Waals surface area contributed by atoms with Crippen LogP contribution in [0, 0.1) is 11.8 Å². The SMILES string of the molecule is COC(=O)N[C@H](C(=O)N1CCC[C@H]1c1nc(-c2cnc3cc(-c4ccc(-c5cnc([C@@H]6CCCN6C(=O)[C@@H](NC(=O)OC)C6CCOCC6)[nH]5)cc4)ccc3c2)c[nH]1)C1CCOCC1. The highest BCUT2D eigenvalue weighted by atomic mass is 16.5. The number of carbonyl (C=O) groups excluding carboxylic acids is 4. The first-order chi connectivity index (χ1) is 31.3. The molecule has 17 nitrogen and oxygen atoms in total. The maximum Gasteiger partial charge on any atom is 0.407 e. The molecule has 9 rings (SSSR count). The van der Waals surface area contributed by atoms with Gasteiger partial charge in [-0.3, -0.25) is 14.6 Å². The Balaban J connectivity index is 0.862. The van der Waals surface area contributed by atoms with Crippen LogP contribution in [0.4, 0.5) is 9.59 Å². The largest absolute Gasteiger partial charge is 0.453 e. The molecule has 0 radical (unpaired) electrons. The third-order valence-electron chi connectivity index (χ3n) is 13.3. The Labute approximate surface area is 371 Å². The molecular weight excluding hydrogens is 819 g/mol. The van der Waals surface area contributed by atoms with Gasteiger partial charge in [-0.25, -0.2) is 19.6 Å². The van der Waals surface area contributed by atoms with Gasteiger partial charge in [0.15, 0.2) is 0 Å². The van der Waals surface area contributed by atoms with E-state index in [2.05, 4.69) is 69.1 Å². The summed E-state index contributed by atoms with van der Waals surface area (Å²) in [5.74, 6) is 1.11. The first kappa shape index (κ1) is 42.9. The second kappa shape index (κ2) is 19.2. The molecule has 4 aliphatic rings. The third kappa shape index (κ3) is 9.04. The number of pyridine rings is 1. The van der Waals surface area contributed by atoms with Gasteiger partial charge in [-0.2, -0.15) is 0 Å². The lowest BCUT2D eigenvalue weighted by atomic mass is 9.90. The molecule has 336 valence electrons. The first-order valence-corrected chi connectivity index (χ1v) is 22.3. The summed E-state index contributed by atoms with van der Waals surface area (Å²) in [4.78, 5) is 77.6. The molecular formula is C47H55N9O8. The van der Waals surface area contributed by atoms with Crippen LogP contribution in [0.1, 0.15) is 75.1 Å². The van der Waals surface area contributed by atoms with E-state index in [0.29, 0.717) is 71.0 Å². The number of benzene rings is 2. The minimum Gasteiger partial charge on any atom is -0.453 e. The van der Waals surface area contributed by atoms with Crippen LogP contribution >= 0.6 is 0 Å². The molecule has 4 atom stereocenters. The standard InChI is InChI=1S/C47H55N9O8/c1-61-46(59)53-40(30-13-19-63-20-14-30)44(57)55-17-3-5-38(55)42-49-26-36(51-42)29-9-7-28(8-10-29)32-11-12-33-23-34(25-48-35(33)24-32)37-27-50-43(52-37)39-6-4-18-56(39)45(58)41(54-47(60)62-2)31-15-21-64-22-16-31/h7-12,23-27,30-31,38-41H,3-6,13-22H2,1-2H3,(H,49,51)(H,50,52)(H,53,59)(H,54,60)/t38-,39-,40-,41-/m0/s1. The van der Waals surface area contributed by atoms with E-state index in [9.17, 15) is 19.2 Å². The van der Waals surface area contributed by atoms with Crippen LogP contribution in [-0.4, -0.2) is 125 Å². The van der Waals surface area contributed by atoms with Crippen molar-refractivity contribution < 1.29 is 38.1 Å². The lowest BCUT2D eigenvalue weighted by Gasteiger charge is -2.34. The highest BCUT2D eigenvalue weighted by Gasteiger charge is 2.41. The van der Waals surface area contributed by atoms with Gasteiger partial charge in [-0.05, 0) is 92.0 Å². The van der Waals surface area contributed by atoms with Crippen molar-refractivity contribution in [2.24, 2.45) is 11.8 Å². The van der Waals surface area contributed by atoms with E-state index >= 15 is 0 Å². The van der Waals surface area contributed by atoms with Crippen LogP contribution in [0.2, 0.25) is 0 Å². The van der Waals surface area contributed by atoms with Crippen molar-refractivity contribution in [2.45, 2.75) is 75.5 Å². The van der Waals surface area contributed by atoms with Gasteiger partial charge >= 0.3 is 12.2 Å². The molecule has 7 heterocycles. The molecule has 4 fully saturated rings. The van der Waals surface area contributed by atoms with Gasteiger partial charge in [-0.15, -0.1) is 0 Å². The molecule has 0 saturated carbocycles. The first-order valence-electron chi connectivity index (χ1n) is 22.3. The minimum atomic E-state index is -0.696. The number of hydrogen-bond donors (Lipinski definition) is 4. The second-order valence-corrected chi connectivity index (χ2v) is 17.1. The van der Waals surface area contributed by atoms with Crippen LogP contribution in [0.25, 0.3) is 44.5 Å². The number of likely N-dealkylation sites (tertiary alicyclic amines) is 2. The van der Waals surface area contributed by atoms with E-state index in [-0.39, 0.29) is 35.7 Å². The van der Waals surface area contributed by atoms with Crippen molar-refractivity contribution in [1.82, 2.24) is 45.4 Å². The van der Waals surface area contributed by atoms with Gasteiger partial charge < -0.3 is 49.3 Å². The fraction of sp³-hybridized carbons (Fsp3) is 0.468. The van der Waals surface area contributed by atoms with Gasteiger partial charge in [-0.1, -0.05) is 36.4 Å². The molecule has 3 aromatic heterocycles. The maximum absolute atomic E-state index is 14.0. The number of amides is 4. The molecule has 0 aliphatic carbocycles. The molecule has 17 heteroatoms. The number of fused-ring (bicyclic) bond motifs is 1. The molecule has 0 spiro atoms. The Morgan fingerprint density at radius 3 is 1.83 bits per heavy atom. The number of alkyl carbamates (subject to hydrolysis) is 2.